The number of H-pyrrole nitrogens is 1. The van der Waals surface area contributed by atoms with Gasteiger partial charge in [-0.2, -0.15) is 0 Å². The van der Waals surface area contributed by atoms with Gasteiger partial charge >= 0.3 is 0 Å². The summed E-state index contributed by atoms with van der Waals surface area (Å²) < 4.78 is 18.7. The number of aromatic amines is 1. The topological polar surface area (TPSA) is 84.1 Å². The Balaban J connectivity index is 1.58. The molecule has 4 rings (SSSR count). The minimum absolute atomic E-state index is 0.176. The average Bonchev–Trinajstić information content (AvgIpc) is 2.77. The summed E-state index contributed by atoms with van der Waals surface area (Å²) in [5, 5.41) is 3.13. The summed E-state index contributed by atoms with van der Waals surface area (Å²) in [5.41, 5.74) is 1.94. The lowest BCUT2D eigenvalue weighted by molar-refractivity contribution is -0.116. The van der Waals surface area contributed by atoms with Crippen molar-refractivity contribution in [1.29, 1.82) is 0 Å². The van der Waals surface area contributed by atoms with E-state index in [1.165, 1.54) is 23.9 Å². The van der Waals surface area contributed by atoms with Crippen LogP contribution in [0.2, 0.25) is 0 Å². The molecule has 0 fully saturated rings. The number of rotatable bonds is 7. The number of halogens is 1. The Hall–Kier alpha value is -3.13. The quantitative estimate of drug-likeness (QED) is 0.419. The van der Waals surface area contributed by atoms with Crippen LogP contribution in [0.5, 0.6) is 5.75 Å². The number of hydrogen-bond donors (Lipinski definition) is 2. The highest BCUT2D eigenvalue weighted by molar-refractivity contribution is 7.98. The normalized spacial score (nSPS) is 15.3. The van der Waals surface area contributed by atoms with E-state index in [1.807, 2.05) is 31.2 Å². The maximum Gasteiger partial charge on any atom is 0.257 e. The van der Waals surface area contributed by atoms with E-state index >= 15 is 0 Å². The predicted octanol–water partition coefficient (Wildman–Crippen LogP) is 4.46. The van der Waals surface area contributed by atoms with Gasteiger partial charge in [-0.3, -0.25) is 9.59 Å². The van der Waals surface area contributed by atoms with Crippen molar-refractivity contribution in [2.75, 3.05) is 11.9 Å². The van der Waals surface area contributed by atoms with Crippen LogP contribution in [0, 0.1) is 5.82 Å². The van der Waals surface area contributed by atoms with Crippen LogP contribution in [0.25, 0.3) is 0 Å². The number of aromatic nitrogens is 2. The molecule has 160 valence electrons. The summed E-state index contributed by atoms with van der Waals surface area (Å²) >= 11 is 1.32. The zero-order valence-corrected chi connectivity index (χ0v) is 17.8. The maximum absolute atomic E-state index is 13.1. The van der Waals surface area contributed by atoms with E-state index in [0.29, 0.717) is 23.1 Å². The number of ether oxygens (including phenoxy) is 1. The van der Waals surface area contributed by atoms with Gasteiger partial charge < -0.3 is 15.0 Å². The van der Waals surface area contributed by atoms with Crippen molar-refractivity contribution in [2.45, 2.75) is 36.6 Å². The van der Waals surface area contributed by atoms with Gasteiger partial charge in [0.2, 0.25) is 5.91 Å². The molecule has 2 aromatic carbocycles. The lowest BCUT2D eigenvalue weighted by atomic mass is 9.87. The molecular weight excluding hydrogens is 417 g/mol. The molecule has 0 bridgehead atoms. The monoisotopic (exact) mass is 439 g/mol. The van der Waals surface area contributed by atoms with Crippen LogP contribution in [0.1, 0.15) is 42.4 Å². The third kappa shape index (κ3) is 4.96. The molecule has 1 amide bonds. The highest BCUT2D eigenvalue weighted by atomic mass is 32.2. The molecule has 6 nitrogen and oxygen atoms in total. The Morgan fingerprint density at radius 1 is 1.13 bits per heavy atom. The molecule has 1 atom stereocenters. The van der Waals surface area contributed by atoms with Crippen LogP contribution in [-0.2, 0) is 10.5 Å². The van der Waals surface area contributed by atoms with Crippen molar-refractivity contribution in [3.05, 3.63) is 81.4 Å². The fraction of sp³-hybridized carbons (Fsp3) is 0.261. The molecule has 0 aliphatic carbocycles. The molecular formula is C23H22FN3O3S. The molecule has 0 saturated carbocycles. The number of benzene rings is 2. The Labute approximate surface area is 183 Å². The third-order valence-corrected chi connectivity index (χ3v) is 5.92. The molecule has 31 heavy (non-hydrogen) atoms. The average molecular weight is 440 g/mol. The van der Waals surface area contributed by atoms with Crippen LogP contribution in [0.3, 0.4) is 0 Å². The second-order valence-corrected chi connectivity index (χ2v) is 8.23. The van der Waals surface area contributed by atoms with Crippen molar-refractivity contribution in [3.63, 3.8) is 0 Å². The SMILES string of the molecule is CCCOc1ccc([C@@H]2CC(=O)Nc3nc(SCc4ccc(F)cc4)[nH]c(=O)c32)cc1. The second kappa shape index (κ2) is 9.34. The van der Waals surface area contributed by atoms with Crippen molar-refractivity contribution in [2.24, 2.45) is 0 Å². The minimum Gasteiger partial charge on any atom is -0.494 e. The largest absolute Gasteiger partial charge is 0.494 e. The van der Waals surface area contributed by atoms with Gasteiger partial charge in [0.05, 0.1) is 12.2 Å². The Morgan fingerprint density at radius 3 is 2.58 bits per heavy atom. The van der Waals surface area contributed by atoms with E-state index in [4.69, 9.17) is 4.74 Å². The zero-order valence-electron chi connectivity index (χ0n) is 17.0. The second-order valence-electron chi connectivity index (χ2n) is 7.27. The maximum atomic E-state index is 13.1. The minimum atomic E-state index is -0.378. The smallest absolute Gasteiger partial charge is 0.257 e. The zero-order chi connectivity index (χ0) is 21.8. The van der Waals surface area contributed by atoms with E-state index in [9.17, 15) is 14.0 Å². The van der Waals surface area contributed by atoms with Crippen LogP contribution < -0.4 is 15.6 Å². The Morgan fingerprint density at radius 2 is 1.87 bits per heavy atom. The number of hydrogen-bond acceptors (Lipinski definition) is 5. The summed E-state index contributed by atoms with van der Waals surface area (Å²) in [6, 6.07) is 13.6. The van der Waals surface area contributed by atoms with Gasteiger partial charge in [0.15, 0.2) is 5.16 Å². The van der Waals surface area contributed by atoms with Gasteiger partial charge in [-0.15, -0.1) is 0 Å². The summed E-state index contributed by atoms with van der Waals surface area (Å²) in [7, 11) is 0. The number of anilines is 1. The van der Waals surface area contributed by atoms with Gasteiger partial charge in [-0.1, -0.05) is 43.0 Å². The van der Waals surface area contributed by atoms with Gasteiger partial charge in [0.1, 0.15) is 17.4 Å². The summed E-state index contributed by atoms with van der Waals surface area (Å²) in [6.07, 6.45) is 1.09. The molecule has 2 heterocycles. The number of amides is 1. The number of nitrogens with zero attached hydrogens (tertiary/aromatic N) is 1. The Kier molecular flexibility index (Phi) is 6.36. The highest BCUT2D eigenvalue weighted by Crippen LogP contribution is 2.35. The molecule has 2 N–H and O–H groups in total. The fourth-order valence-corrected chi connectivity index (χ4v) is 4.27. The standard InChI is InChI=1S/C23H22FN3O3S/c1-2-11-30-17-9-5-15(6-10-17)18-12-19(28)25-21-20(18)22(29)27-23(26-21)31-13-14-3-7-16(24)8-4-14/h3-10,18H,2,11-13H2,1H3,(H2,25,26,27,28,29)/t18-/m0/s1. The van der Waals surface area contributed by atoms with Crippen LogP contribution in [0.4, 0.5) is 10.2 Å². The molecule has 1 aliphatic rings. The van der Waals surface area contributed by atoms with Crippen molar-refractivity contribution >= 4 is 23.5 Å². The predicted molar refractivity (Wildman–Crippen MR) is 118 cm³/mol. The van der Waals surface area contributed by atoms with E-state index in [0.717, 1.165) is 23.3 Å². The first-order chi connectivity index (χ1) is 15.0. The number of thioether (sulfide) groups is 1. The van der Waals surface area contributed by atoms with Gasteiger partial charge in [0, 0.05) is 18.1 Å². The van der Waals surface area contributed by atoms with Crippen molar-refractivity contribution < 1.29 is 13.9 Å². The van der Waals surface area contributed by atoms with Crippen molar-refractivity contribution in [1.82, 2.24) is 9.97 Å². The number of nitrogens with one attached hydrogen (secondary N) is 2. The van der Waals surface area contributed by atoms with E-state index in [2.05, 4.69) is 15.3 Å². The number of carbonyl (C=O) groups excluding carboxylic acids is 1. The summed E-state index contributed by atoms with van der Waals surface area (Å²) in [4.78, 5) is 32.5. The van der Waals surface area contributed by atoms with Crippen molar-refractivity contribution in [3.8, 4) is 5.75 Å². The lowest BCUT2D eigenvalue weighted by Gasteiger charge is -2.24. The number of carbonyl (C=O) groups is 1. The van der Waals surface area contributed by atoms with Gasteiger partial charge in [-0.05, 0) is 41.8 Å². The first kappa shape index (κ1) is 21.1. The fourth-order valence-electron chi connectivity index (χ4n) is 3.45. The molecule has 0 spiro atoms. The van der Waals surface area contributed by atoms with Gasteiger partial charge in [0.25, 0.3) is 5.56 Å². The lowest BCUT2D eigenvalue weighted by Crippen LogP contribution is -2.31. The Bertz CT molecular complexity index is 1130. The van der Waals surface area contributed by atoms with E-state index in [-0.39, 0.29) is 35.4 Å². The molecule has 8 heteroatoms. The van der Waals surface area contributed by atoms with E-state index < -0.39 is 0 Å². The first-order valence-electron chi connectivity index (χ1n) is 10.1. The molecule has 3 aromatic rings. The summed E-state index contributed by atoms with van der Waals surface area (Å²) in [5.74, 6) is 0.697. The first-order valence-corrected chi connectivity index (χ1v) is 11.1. The van der Waals surface area contributed by atoms with Crippen LogP contribution in [0.15, 0.2) is 58.5 Å². The van der Waals surface area contributed by atoms with Crippen LogP contribution in [-0.4, -0.2) is 22.5 Å². The highest BCUT2D eigenvalue weighted by Gasteiger charge is 2.31. The van der Waals surface area contributed by atoms with Crippen LogP contribution >= 0.6 is 11.8 Å². The number of fused-ring (bicyclic) bond motifs is 1. The molecule has 0 unspecified atom stereocenters. The van der Waals surface area contributed by atoms with Gasteiger partial charge in [-0.25, -0.2) is 9.37 Å². The molecule has 1 aliphatic heterocycles. The molecule has 0 radical (unpaired) electrons. The molecule has 0 saturated heterocycles. The third-order valence-electron chi connectivity index (χ3n) is 4.97. The summed E-state index contributed by atoms with van der Waals surface area (Å²) in [6.45, 7) is 2.67. The molecule has 1 aromatic heterocycles. The van der Waals surface area contributed by atoms with E-state index in [1.54, 1.807) is 12.1 Å².